The molecule has 0 saturated heterocycles. The minimum Gasteiger partial charge on any atom is -0.208 e. The lowest BCUT2D eigenvalue weighted by molar-refractivity contribution is 1.07. The van der Waals surface area contributed by atoms with Gasteiger partial charge in [-0.25, -0.2) is 15.0 Å². The number of nitrogens with zero attached hydrogens (tertiary/aromatic N) is 3. The van der Waals surface area contributed by atoms with Crippen LogP contribution < -0.4 is 0 Å². The van der Waals surface area contributed by atoms with E-state index < -0.39 is 0 Å². The minimum absolute atomic E-state index is 0.629. The van der Waals surface area contributed by atoms with Crippen molar-refractivity contribution in [3.8, 4) is 67.5 Å². The Kier molecular flexibility index (Phi) is 8.62. The van der Waals surface area contributed by atoms with Gasteiger partial charge in [0.25, 0.3) is 0 Å². The van der Waals surface area contributed by atoms with E-state index in [1.807, 2.05) is 44.2 Å². The Morgan fingerprint density at radius 3 is 1.05 bits per heavy atom. The van der Waals surface area contributed by atoms with Gasteiger partial charge < -0.3 is 0 Å². The van der Waals surface area contributed by atoms with Gasteiger partial charge in [-0.1, -0.05) is 166 Å². The van der Waals surface area contributed by atoms with Gasteiger partial charge in [0.1, 0.15) is 0 Å². The molecule has 0 radical (unpaired) electrons. The summed E-state index contributed by atoms with van der Waals surface area (Å²) < 4.78 is 0. The molecule has 0 atom stereocenters. The molecule has 3 heteroatoms. The van der Waals surface area contributed by atoms with Gasteiger partial charge in [-0.2, -0.15) is 0 Å². The molecular weight excluding hydrogens is 534 g/mol. The van der Waals surface area contributed by atoms with Crippen LogP contribution in [0, 0.1) is 12.1 Å². The maximum Gasteiger partial charge on any atom is 0.164 e. The lowest BCUT2D eigenvalue weighted by Gasteiger charge is -2.10. The third kappa shape index (κ3) is 6.31. The monoisotopic (exact) mass is 565 g/mol. The number of rotatable bonds is 6. The molecule has 6 aromatic carbocycles. The Labute approximate surface area is 259 Å². The third-order valence-electron chi connectivity index (χ3n) is 7.24. The fourth-order valence-electron chi connectivity index (χ4n) is 4.97. The predicted molar refractivity (Wildman–Crippen MR) is 181 cm³/mol. The van der Waals surface area contributed by atoms with Crippen LogP contribution >= 0.6 is 0 Å². The van der Waals surface area contributed by atoms with Crippen molar-refractivity contribution in [1.29, 1.82) is 0 Å². The van der Waals surface area contributed by atoms with Crippen LogP contribution in [0.15, 0.2) is 152 Å². The molecule has 0 unspecified atom stereocenters. The first-order valence-corrected chi connectivity index (χ1v) is 14.9. The van der Waals surface area contributed by atoms with Crippen LogP contribution in [0.4, 0.5) is 0 Å². The second kappa shape index (κ2) is 13.4. The van der Waals surface area contributed by atoms with Gasteiger partial charge in [-0.05, 0) is 39.9 Å². The van der Waals surface area contributed by atoms with E-state index in [4.69, 9.17) is 15.0 Å². The quantitative estimate of drug-likeness (QED) is 0.201. The van der Waals surface area contributed by atoms with Gasteiger partial charge in [0.05, 0.1) is 0 Å². The van der Waals surface area contributed by atoms with Crippen molar-refractivity contribution in [3.05, 3.63) is 164 Å². The summed E-state index contributed by atoms with van der Waals surface area (Å²) in [6, 6.07) is 57.8. The van der Waals surface area contributed by atoms with E-state index in [9.17, 15) is 0 Å². The van der Waals surface area contributed by atoms with E-state index >= 15 is 0 Å². The molecule has 7 aromatic rings. The highest BCUT2D eigenvalue weighted by Crippen LogP contribution is 2.29. The first kappa shape index (κ1) is 28.3. The van der Waals surface area contributed by atoms with E-state index in [2.05, 4.69) is 133 Å². The van der Waals surface area contributed by atoms with Crippen molar-refractivity contribution in [2.45, 2.75) is 13.8 Å². The second-order valence-electron chi connectivity index (χ2n) is 9.98. The zero-order valence-electron chi connectivity index (χ0n) is 24.8. The molecule has 0 fully saturated rings. The van der Waals surface area contributed by atoms with Crippen LogP contribution in [0.1, 0.15) is 13.8 Å². The third-order valence-corrected chi connectivity index (χ3v) is 7.24. The SMILES string of the molecule is CC.c1cccc(-c2ccc(-c3nc(-c4ccc(-c5ccccc5)cc4)nc(-c4ccc(-c5ccccc5)cc4)n3)cc2)c#1. The number of hydrogen-bond acceptors (Lipinski definition) is 3. The maximum absolute atomic E-state index is 4.94. The molecule has 0 aliphatic carbocycles. The summed E-state index contributed by atoms with van der Waals surface area (Å²) >= 11 is 0. The van der Waals surface area contributed by atoms with Gasteiger partial charge in [-0.15, -0.1) is 0 Å². The average Bonchev–Trinajstić information content (AvgIpc) is 3.13. The van der Waals surface area contributed by atoms with E-state index in [1.165, 1.54) is 11.1 Å². The lowest BCUT2D eigenvalue weighted by atomic mass is 10.0. The van der Waals surface area contributed by atoms with E-state index in [0.29, 0.717) is 17.5 Å². The molecule has 0 saturated carbocycles. The van der Waals surface area contributed by atoms with Crippen molar-refractivity contribution >= 4 is 0 Å². The number of hydrogen-bond donors (Lipinski definition) is 0. The Morgan fingerprint density at radius 2 is 0.682 bits per heavy atom. The summed E-state index contributed by atoms with van der Waals surface area (Å²) in [5, 5.41) is 0. The van der Waals surface area contributed by atoms with Crippen LogP contribution in [-0.4, -0.2) is 15.0 Å². The molecular formula is C41H31N3. The predicted octanol–water partition coefficient (Wildman–Crippen LogP) is 10.5. The molecule has 44 heavy (non-hydrogen) atoms. The highest BCUT2D eigenvalue weighted by molar-refractivity contribution is 5.73. The van der Waals surface area contributed by atoms with Crippen molar-refractivity contribution in [2.24, 2.45) is 0 Å². The van der Waals surface area contributed by atoms with Gasteiger partial charge >= 0.3 is 0 Å². The Morgan fingerprint density at radius 1 is 0.341 bits per heavy atom. The second-order valence-corrected chi connectivity index (χ2v) is 9.98. The van der Waals surface area contributed by atoms with E-state index in [1.54, 1.807) is 0 Å². The molecule has 0 spiro atoms. The molecule has 3 nitrogen and oxygen atoms in total. The fourth-order valence-corrected chi connectivity index (χ4v) is 4.97. The Hall–Kier alpha value is -5.85. The van der Waals surface area contributed by atoms with Crippen molar-refractivity contribution in [2.75, 3.05) is 0 Å². The highest BCUT2D eigenvalue weighted by atomic mass is 15.0. The normalized spacial score (nSPS) is 10.3. The summed E-state index contributed by atoms with van der Waals surface area (Å²) in [5.74, 6) is 1.90. The Balaban J connectivity index is 0.00000168. The van der Waals surface area contributed by atoms with Crippen LogP contribution in [0.25, 0.3) is 67.5 Å². The number of aromatic nitrogens is 3. The molecule has 0 bridgehead atoms. The minimum atomic E-state index is 0.629. The summed E-state index contributed by atoms with van der Waals surface area (Å²) in [7, 11) is 0. The first-order chi connectivity index (χ1) is 21.8. The maximum atomic E-state index is 4.94. The van der Waals surface area contributed by atoms with Crippen LogP contribution in [-0.2, 0) is 0 Å². The van der Waals surface area contributed by atoms with E-state index in [-0.39, 0.29) is 0 Å². The smallest absolute Gasteiger partial charge is 0.164 e. The van der Waals surface area contributed by atoms with Crippen LogP contribution in [0.3, 0.4) is 0 Å². The van der Waals surface area contributed by atoms with Crippen LogP contribution in [0.2, 0.25) is 0 Å². The molecule has 1 aromatic heterocycles. The largest absolute Gasteiger partial charge is 0.208 e. The molecule has 0 aliphatic heterocycles. The zero-order chi connectivity index (χ0) is 30.1. The zero-order valence-corrected chi connectivity index (χ0v) is 24.8. The summed E-state index contributed by atoms with van der Waals surface area (Å²) in [6.45, 7) is 4.00. The summed E-state index contributed by atoms with van der Waals surface area (Å²) in [4.78, 5) is 14.8. The van der Waals surface area contributed by atoms with Gasteiger partial charge in [0.15, 0.2) is 17.5 Å². The molecule has 0 aliphatic rings. The first-order valence-electron chi connectivity index (χ1n) is 14.9. The lowest BCUT2D eigenvalue weighted by Crippen LogP contribution is -2.00. The molecule has 0 amide bonds. The molecule has 210 valence electrons. The molecule has 0 N–H and O–H groups in total. The topological polar surface area (TPSA) is 38.7 Å². The summed E-state index contributed by atoms with van der Waals surface area (Å²) in [5.41, 5.74) is 9.51. The Bertz CT molecular complexity index is 1670. The van der Waals surface area contributed by atoms with Crippen molar-refractivity contribution in [1.82, 2.24) is 15.0 Å². The summed E-state index contributed by atoms with van der Waals surface area (Å²) in [6.07, 6.45) is 0. The molecule has 7 rings (SSSR count). The van der Waals surface area contributed by atoms with Crippen molar-refractivity contribution in [3.63, 3.8) is 0 Å². The highest BCUT2D eigenvalue weighted by Gasteiger charge is 2.13. The standard InChI is InChI=1S/C39H25N3.C2H6/c1-4-10-28(11-5-1)31-16-22-34(23-17-31)37-40-38(35-24-18-32(19-25-35)29-12-6-2-7-13-29)42-39(41-37)36-26-20-33(21-27-36)30-14-8-3-9-15-30;1-2/h1-8,10-14,16-27H;1-2H3. The van der Waals surface area contributed by atoms with Gasteiger partial charge in [-0.3, -0.25) is 0 Å². The van der Waals surface area contributed by atoms with Crippen molar-refractivity contribution < 1.29 is 0 Å². The average molecular weight is 566 g/mol. The fraction of sp³-hybridized carbons (Fsp3) is 0.0488. The number of benzene rings is 5. The van der Waals surface area contributed by atoms with Crippen LogP contribution in [0.5, 0.6) is 0 Å². The van der Waals surface area contributed by atoms with E-state index in [0.717, 1.165) is 38.9 Å². The van der Waals surface area contributed by atoms with Gasteiger partial charge in [0.2, 0.25) is 0 Å². The van der Waals surface area contributed by atoms with Gasteiger partial charge in [0, 0.05) is 22.3 Å². The molecule has 1 heterocycles.